The normalized spacial score (nSPS) is 21.7. The van der Waals surface area contributed by atoms with Crippen molar-refractivity contribution >= 4 is 17.6 Å². The summed E-state index contributed by atoms with van der Waals surface area (Å²) in [5.74, 6) is 0.930. The molecule has 0 radical (unpaired) electrons. The lowest BCUT2D eigenvalue weighted by Crippen LogP contribution is -2.46. The number of urea groups is 1. The number of hydrogen-bond acceptors (Lipinski definition) is 3. The number of imide groups is 1. The Kier molecular flexibility index (Phi) is 5.77. The number of amides is 3. The van der Waals surface area contributed by atoms with Gasteiger partial charge in [0.05, 0.1) is 6.54 Å². The van der Waals surface area contributed by atoms with Crippen LogP contribution >= 0.6 is 0 Å². The first kappa shape index (κ1) is 17.5. The first-order chi connectivity index (χ1) is 10.8. The molecule has 1 heterocycles. The van der Waals surface area contributed by atoms with Gasteiger partial charge in [-0.15, -0.1) is 0 Å². The van der Waals surface area contributed by atoms with Gasteiger partial charge >= 0.3 is 6.03 Å². The Morgan fingerprint density at radius 2 is 1.83 bits per heavy atom. The summed E-state index contributed by atoms with van der Waals surface area (Å²) in [5, 5.41) is 5.15. The van der Waals surface area contributed by atoms with E-state index in [1.54, 1.807) is 0 Å². The van der Waals surface area contributed by atoms with Gasteiger partial charge in [0.2, 0.25) is 5.91 Å². The van der Waals surface area contributed by atoms with E-state index >= 15 is 0 Å². The fourth-order valence-corrected chi connectivity index (χ4v) is 3.40. The lowest BCUT2D eigenvalue weighted by molar-refractivity contribution is -0.121. The van der Waals surface area contributed by atoms with Crippen molar-refractivity contribution in [1.29, 1.82) is 0 Å². The summed E-state index contributed by atoms with van der Waals surface area (Å²) < 4.78 is 0. The number of benzene rings is 1. The number of hydrogen-bond donors (Lipinski definition) is 2. The number of nitrogens with one attached hydrogen (secondary N) is 2. The van der Waals surface area contributed by atoms with E-state index < -0.39 is 6.03 Å². The van der Waals surface area contributed by atoms with Crippen LogP contribution in [-0.2, 0) is 4.79 Å². The largest absolute Gasteiger partial charge is 0.325 e. The van der Waals surface area contributed by atoms with E-state index in [2.05, 4.69) is 29.4 Å². The molecule has 23 heavy (non-hydrogen) atoms. The molecule has 1 saturated heterocycles. The van der Waals surface area contributed by atoms with Gasteiger partial charge in [-0.25, -0.2) is 4.79 Å². The first-order valence-corrected chi connectivity index (χ1v) is 8.24. The first-order valence-electron chi connectivity index (χ1n) is 8.24. The van der Waals surface area contributed by atoms with Crippen molar-refractivity contribution in [2.75, 3.05) is 25.0 Å². The van der Waals surface area contributed by atoms with E-state index in [0.29, 0.717) is 11.8 Å². The van der Waals surface area contributed by atoms with Crippen LogP contribution in [0.2, 0.25) is 0 Å². The van der Waals surface area contributed by atoms with Gasteiger partial charge in [-0.1, -0.05) is 31.5 Å². The Labute approximate surface area is 138 Å². The van der Waals surface area contributed by atoms with Crippen molar-refractivity contribution in [2.45, 2.75) is 34.1 Å². The predicted molar refractivity (Wildman–Crippen MR) is 92.5 cm³/mol. The Balaban J connectivity index is 1.83. The second kappa shape index (κ2) is 7.59. The standard InChI is InChI=1S/C18H27N3O2/c1-12-5-6-16(15(4)8-12)19-18(23)20-17(22)11-21-9-13(2)7-14(3)10-21/h5-6,8,13-14H,7,9-11H2,1-4H3,(H2,19,20,22,23)/t13-,14+. The van der Waals surface area contributed by atoms with Crippen molar-refractivity contribution in [2.24, 2.45) is 11.8 Å². The highest BCUT2D eigenvalue weighted by Gasteiger charge is 2.23. The van der Waals surface area contributed by atoms with E-state index in [9.17, 15) is 9.59 Å². The number of anilines is 1. The van der Waals surface area contributed by atoms with E-state index in [1.807, 2.05) is 32.0 Å². The third kappa shape index (κ3) is 5.36. The third-order valence-corrected chi connectivity index (χ3v) is 4.19. The van der Waals surface area contributed by atoms with E-state index in [0.717, 1.165) is 29.9 Å². The maximum Gasteiger partial charge on any atom is 0.325 e. The zero-order valence-corrected chi connectivity index (χ0v) is 14.5. The molecule has 3 amide bonds. The Morgan fingerprint density at radius 1 is 1.17 bits per heavy atom. The van der Waals surface area contributed by atoms with Crippen LogP contribution in [0.1, 0.15) is 31.4 Å². The number of nitrogens with zero attached hydrogens (tertiary/aromatic N) is 1. The zero-order valence-electron chi connectivity index (χ0n) is 14.5. The molecule has 5 nitrogen and oxygen atoms in total. The molecule has 1 fully saturated rings. The quantitative estimate of drug-likeness (QED) is 0.901. The number of likely N-dealkylation sites (tertiary alicyclic amines) is 1. The van der Waals surface area contributed by atoms with E-state index in [4.69, 9.17) is 0 Å². The smallest absolute Gasteiger partial charge is 0.307 e. The molecule has 0 unspecified atom stereocenters. The molecule has 0 aromatic heterocycles. The fraction of sp³-hybridized carbons (Fsp3) is 0.556. The van der Waals surface area contributed by atoms with Crippen LogP contribution in [0.4, 0.5) is 10.5 Å². The SMILES string of the molecule is Cc1ccc(NC(=O)NC(=O)CN2C[C@H](C)C[C@H](C)C2)c(C)c1. The Bertz CT molecular complexity index is 576. The van der Waals surface area contributed by atoms with Crippen LogP contribution in [0.5, 0.6) is 0 Å². The molecular formula is C18H27N3O2. The molecule has 0 bridgehead atoms. The summed E-state index contributed by atoms with van der Waals surface area (Å²) in [6.45, 7) is 10.4. The van der Waals surface area contributed by atoms with Crippen molar-refractivity contribution in [3.8, 4) is 0 Å². The number of piperidine rings is 1. The molecule has 0 saturated carbocycles. The number of aryl methyl sites for hydroxylation is 2. The third-order valence-electron chi connectivity index (χ3n) is 4.19. The minimum Gasteiger partial charge on any atom is -0.307 e. The lowest BCUT2D eigenvalue weighted by Gasteiger charge is -2.34. The molecule has 1 aliphatic heterocycles. The fourth-order valence-electron chi connectivity index (χ4n) is 3.40. The highest BCUT2D eigenvalue weighted by Crippen LogP contribution is 2.20. The van der Waals surface area contributed by atoms with Gasteiger partial charge in [-0.05, 0) is 43.7 Å². The molecule has 2 N–H and O–H groups in total. The number of carbonyl (C=O) groups excluding carboxylic acids is 2. The highest BCUT2D eigenvalue weighted by atomic mass is 16.2. The molecule has 1 aromatic carbocycles. The molecule has 0 spiro atoms. The highest BCUT2D eigenvalue weighted by molar-refractivity contribution is 6.02. The summed E-state index contributed by atoms with van der Waals surface area (Å²) in [5.41, 5.74) is 2.84. The van der Waals surface area contributed by atoms with Gasteiger partial charge in [0.25, 0.3) is 0 Å². The van der Waals surface area contributed by atoms with Gasteiger partial charge < -0.3 is 5.32 Å². The van der Waals surface area contributed by atoms with Gasteiger partial charge in [0.1, 0.15) is 0 Å². The van der Waals surface area contributed by atoms with Crippen LogP contribution in [-0.4, -0.2) is 36.5 Å². The average Bonchev–Trinajstić information content (AvgIpc) is 2.40. The summed E-state index contributed by atoms with van der Waals surface area (Å²) in [7, 11) is 0. The van der Waals surface area contributed by atoms with Gasteiger partial charge in [-0.3, -0.25) is 15.0 Å². The Morgan fingerprint density at radius 3 is 2.43 bits per heavy atom. The van der Waals surface area contributed by atoms with Crippen molar-refractivity contribution in [1.82, 2.24) is 10.2 Å². The molecule has 2 atom stereocenters. The van der Waals surface area contributed by atoms with E-state index in [1.165, 1.54) is 6.42 Å². The van der Waals surface area contributed by atoms with Crippen LogP contribution in [0.3, 0.4) is 0 Å². The minimum absolute atomic E-state index is 0.256. The molecular weight excluding hydrogens is 290 g/mol. The minimum atomic E-state index is -0.472. The van der Waals surface area contributed by atoms with Crippen molar-refractivity contribution in [3.63, 3.8) is 0 Å². The second-order valence-corrected chi connectivity index (χ2v) is 6.96. The van der Waals surface area contributed by atoms with Crippen LogP contribution < -0.4 is 10.6 Å². The Hall–Kier alpha value is -1.88. The molecule has 2 rings (SSSR count). The zero-order chi connectivity index (χ0) is 17.0. The van der Waals surface area contributed by atoms with Crippen molar-refractivity contribution < 1.29 is 9.59 Å². The molecule has 1 aliphatic rings. The summed E-state index contributed by atoms with van der Waals surface area (Å²) in [6, 6.07) is 5.30. The second-order valence-electron chi connectivity index (χ2n) is 6.96. The van der Waals surface area contributed by atoms with Crippen molar-refractivity contribution in [3.05, 3.63) is 29.3 Å². The number of carbonyl (C=O) groups is 2. The average molecular weight is 317 g/mol. The maximum atomic E-state index is 12.1. The summed E-state index contributed by atoms with van der Waals surface area (Å²) >= 11 is 0. The molecule has 1 aromatic rings. The van der Waals surface area contributed by atoms with Crippen LogP contribution in [0, 0.1) is 25.7 Å². The van der Waals surface area contributed by atoms with Gasteiger partial charge in [0.15, 0.2) is 0 Å². The maximum absolute atomic E-state index is 12.1. The van der Waals surface area contributed by atoms with Crippen LogP contribution in [0.15, 0.2) is 18.2 Å². The lowest BCUT2D eigenvalue weighted by atomic mass is 9.92. The van der Waals surface area contributed by atoms with Gasteiger partial charge in [0, 0.05) is 18.8 Å². The van der Waals surface area contributed by atoms with E-state index in [-0.39, 0.29) is 12.5 Å². The van der Waals surface area contributed by atoms with Gasteiger partial charge in [-0.2, -0.15) is 0 Å². The number of rotatable bonds is 3. The summed E-state index contributed by atoms with van der Waals surface area (Å²) in [6.07, 6.45) is 1.20. The monoisotopic (exact) mass is 317 g/mol. The van der Waals surface area contributed by atoms with Crippen LogP contribution in [0.25, 0.3) is 0 Å². The topological polar surface area (TPSA) is 61.4 Å². The predicted octanol–water partition coefficient (Wildman–Crippen LogP) is 2.93. The molecule has 0 aliphatic carbocycles. The molecule has 5 heteroatoms. The summed E-state index contributed by atoms with van der Waals surface area (Å²) in [4.78, 5) is 26.1. The molecule has 126 valence electrons.